The highest BCUT2D eigenvalue weighted by Gasteiger charge is 2.17. The van der Waals surface area contributed by atoms with Crippen LogP contribution in [0.4, 0.5) is 17.1 Å². The van der Waals surface area contributed by atoms with Crippen LogP contribution in [0.1, 0.15) is 0 Å². The highest BCUT2D eigenvalue weighted by molar-refractivity contribution is 6.11. The van der Waals surface area contributed by atoms with E-state index in [2.05, 4.69) is 187 Å². The van der Waals surface area contributed by atoms with E-state index in [0.717, 1.165) is 94.3 Å². The zero-order chi connectivity index (χ0) is 36.3. The van der Waals surface area contributed by atoms with E-state index in [1.54, 1.807) is 0 Å². The second kappa shape index (κ2) is 12.6. The van der Waals surface area contributed by atoms with Crippen LogP contribution in [0.3, 0.4) is 0 Å². The molecule has 0 saturated carbocycles. The number of rotatable bonds is 6. The van der Waals surface area contributed by atoms with Gasteiger partial charge >= 0.3 is 0 Å². The summed E-state index contributed by atoms with van der Waals surface area (Å²) in [5, 5.41) is 6.91. The van der Waals surface area contributed by atoms with Crippen LogP contribution in [0.5, 0.6) is 0 Å². The van der Waals surface area contributed by atoms with E-state index in [9.17, 15) is 0 Å². The Bertz CT molecular complexity index is 3180. The fourth-order valence-electron chi connectivity index (χ4n) is 8.17. The van der Waals surface area contributed by atoms with Crippen LogP contribution in [0.15, 0.2) is 209 Å². The molecule has 3 heteroatoms. The highest BCUT2D eigenvalue weighted by Crippen LogP contribution is 2.42. The van der Waals surface area contributed by atoms with Gasteiger partial charge in [0.05, 0.1) is 5.69 Å². The van der Waals surface area contributed by atoms with Gasteiger partial charge in [-0.05, 0) is 93.9 Å². The Morgan fingerprint density at radius 3 is 1.56 bits per heavy atom. The number of anilines is 3. The lowest BCUT2D eigenvalue weighted by Crippen LogP contribution is -2.10. The molecule has 258 valence electrons. The zero-order valence-electron chi connectivity index (χ0n) is 29.8. The molecule has 0 radical (unpaired) electrons. The molecule has 0 fully saturated rings. The van der Waals surface area contributed by atoms with Gasteiger partial charge < -0.3 is 13.7 Å². The number of furan rings is 2. The molecule has 3 nitrogen and oxygen atoms in total. The lowest BCUT2D eigenvalue weighted by Gasteiger charge is -2.27. The Hall–Kier alpha value is -7.36. The van der Waals surface area contributed by atoms with Crippen LogP contribution in [0, 0.1) is 0 Å². The highest BCUT2D eigenvalue weighted by atomic mass is 16.3. The summed E-state index contributed by atoms with van der Waals surface area (Å²) in [7, 11) is 0. The Labute approximate surface area is 317 Å². The lowest BCUT2D eigenvalue weighted by atomic mass is 9.99. The van der Waals surface area contributed by atoms with Gasteiger partial charge in [-0.1, -0.05) is 140 Å². The van der Waals surface area contributed by atoms with Crippen molar-refractivity contribution in [3.05, 3.63) is 200 Å². The van der Waals surface area contributed by atoms with Gasteiger partial charge in [0.25, 0.3) is 0 Å². The van der Waals surface area contributed by atoms with Crippen molar-refractivity contribution < 1.29 is 8.83 Å². The summed E-state index contributed by atoms with van der Waals surface area (Å²) in [6.07, 6.45) is 0. The normalized spacial score (nSPS) is 11.6. The monoisotopic (exact) mass is 703 g/mol. The molecule has 0 unspecified atom stereocenters. The van der Waals surface area contributed by atoms with E-state index in [1.807, 2.05) is 18.2 Å². The molecule has 11 rings (SSSR count). The number of benzene rings is 9. The summed E-state index contributed by atoms with van der Waals surface area (Å²) in [6, 6.07) is 71.0. The summed E-state index contributed by atoms with van der Waals surface area (Å²) >= 11 is 0. The van der Waals surface area contributed by atoms with Gasteiger partial charge in [-0.25, -0.2) is 0 Å². The number of fused-ring (bicyclic) bond motifs is 7. The molecule has 0 bridgehead atoms. The molecule has 9 aromatic carbocycles. The maximum atomic E-state index is 6.47. The molecule has 0 aliphatic heterocycles. The van der Waals surface area contributed by atoms with Crippen molar-refractivity contribution in [2.24, 2.45) is 0 Å². The number of para-hydroxylation sites is 2. The molecule has 0 atom stereocenters. The van der Waals surface area contributed by atoms with Gasteiger partial charge in [0.15, 0.2) is 0 Å². The number of hydrogen-bond acceptors (Lipinski definition) is 3. The standard InChI is InChI=1S/C52H33NO2/c1-2-10-37(11-3-1)43-16-9-17-45-47-33-39(25-31-51(47)55-52(43)45)35-22-28-41(29-23-35)53(48-18-8-13-36-12-4-5-14-42(36)48)40-26-20-34(21-27-40)38-24-30-50-46(32-38)44-15-6-7-19-49(44)54-50/h1-33H. The van der Waals surface area contributed by atoms with Crippen LogP contribution in [0.25, 0.3) is 88.0 Å². The van der Waals surface area contributed by atoms with Crippen molar-refractivity contribution in [3.8, 4) is 33.4 Å². The minimum atomic E-state index is 0.891. The van der Waals surface area contributed by atoms with E-state index in [0.29, 0.717) is 0 Å². The lowest BCUT2D eigenvalue weighted by molar-refractivity contribution is 0.669. The number of nitrogens with zero attached hydrogens (tertiary/aromatic N) is 1. The first-order valence-corrected chi connectivity index (χ1v) is 18.7. The summed E-state index contributed by atoms with van der Waals surface area (Å²) < 4.78 is 12.6. The fraction of sp³-hybridized carbons (Fsp3) is 0. The van der Waals surface area contributed by atoms with Gasteiger partial charge in [0.2, 0.25) is 0 Å². The molecular weight excluding hydrogens is 671 g/mol. The molecular formula is C52H33NO2. The minimum Gasteiger partial charge on any atom is -0.456 e. The molecule has 0 aliphatic rings. The predicted octanol–water partition coefficient (Wildman–Crippen LogP) is 15.1. The van der Waals surface area contributed by atoms with Crippen LogP contribution in [0.2, 0.25) is 0 Å². The molecule has 2 aromatic heterocycles. The summed E-state index contributed by atoms with van der Waals surface area (Å²) in [6.45, 7) is 0. The van der Waals surface area contributed by atoms with Crippen molar-refractivity contribution in [2.75, 3.05) is 4.90 Å². The van der Waals surface area contributed by atoms with E-state index < -0.39 is 0 Å². The Kier molecular flexibility index (Phi) is 7.17. The first-order chi connectivity index (χ1) is 27.2. The molecule has 11 aromatic rings. The molecule has 0 aliphatic carbocycles. The minimum absolute atomic E-state index is 0.891. The predicted molar refractivity (Wildman–Crippen MR) is 229 cm³/mol. The van der Waals surface area contributed by atoms with E-state index >= 15 is 0 Å². The second-order valence-corrected chi connectivity index (χ2v) is 14.1. The van der Waals surface area contributed by atoms with Crippen LogP contribution in [-0.4, -0.2) is 0 Å². The van der Waals surface area contributed by atoms with E-state index in [1.165, 1.54) is 10.8 Å². The first kappa shape index (κ1) is 31.2. The molecule has 0 amide bonds. The van der Waals surface area contributed by atoms with Crippen molar-refractivity contribution >= 4 is 71.7 Å². The van der Waals surface area contributed by atoms with Crippen molar-refractivity contribution in [1.82, 2.24) is 0 Å². The topological polar surface area (TPSA) is 29.5 Å². The van der Waals surface area contributed by atoms with Gasteiger partial charge in [-0.2, -0.15) is 0 Å². The average Bonchev–Trinajstić information content (AvgIpc) is 3.82. The second-order valence-electron chi connectivity index (χ2n) is 14.1. The SMILES string of the molecule is c1ccc(-c2cccc3c2oc2ccc(-c4ccc(N(c5ccc(-c6ccc7oc8ccccc8c7c6)cc5)c5cccc6ccccc56)cc4)cc23)cc1. The Morgan fingerprint density at radius 1 is 0.309 bits per heavy atom. The third kappa shape index (κ3) is 5.28. The van der Waals surface area contributed by atoms with Crippen LogP contribution in [-0.2, 0) is 0 Å². The summed E-state index contributed by atoms with van der Waals surface area (Å²) in [4.78, 5) is 2.36. The van der Waals surface area contributed by atoms with Crippen molar-refractivity contribution in [1.29, 1.82) is 0 Å². The largest absolute Gasteiger partial charge is 0.456 e. The Balaban J connectivity index is 0.980. The molecule has 0 saturated heterocycles. The smallest absolute Gasteiger partial charge is 0.143 e. The quantitative estimate of drug-likeness (QED) is 0.173. The summed E-state index contributed by atoms with van der Waals surface area (Å²) in [5.74, 6) is 0. The molecule has 55 heavy (non-hydrogen) atoms. The van der Waals surface area contributed by atoms with E-state index in [4.69, 9.17) is 8.83 Å². The van der Waals surface area contributed by atoms with Gasteiger partial charge in [-0.15, -0.1) is 0 Å². The third-order valence-electron chi connectivity index (χ3n) is 10.9. The third-order valence-corrected chi connectivity index (χ3v) is 10.9. The van der Waals surface area contributed by atoms with Gasteiger partial charge in [0.1, 0.15) is 22.3 Å². The maximum absolute atomic E-state index is 6.47. The zero-order valence-corrected chi connectivity index (χ0v) is 29.8. The number of hydrogen-bond donors (Lipinski definition) is 0. The maximum Gasteiger partial charge on any atom is 0.143 e. The molecule has 2 heterocycles. The van der Waals surface area contributed by atoms with Crippen molar-refractivity contribution in [2.45, 2.75) is 0 Å². The van der Waals surface area contributed by atoms with Gasteiger partial charge in [0, 0.05) is 43.9 Å². The van der Waals surface area contributed by atoms with Crippen molar-refractivity contribution in [3.63, 3.8) is 0 Å². The summed E-state index contributed by atoms with van der Waals surface area (Å²) in [5.41, 5.74) is 13.8. The van der Waals surface area contributed by atoms with Gasteiger partial charge in [-0.3, -0.25) is 0 Å². The van der Waals surface area contributed by atoms with Crippen LogP contribution < -0.4 is 4.90 Å². The average molecular weight is 704 g/mol. The van der Waals surface area contributed by atoms with Crippen LogP contribution >= 0.6 is 0 Å². The molecule has 0 spiro atoms. The fourth-order valence-corrected chi connectivity index (χ4v) is 8.17. The molecule has 0 N–H and O–H groups in total. The first-order valence-electron chi connectivity index (χ1n) is 18.7. The van der Waals surface area contributed by atoms with E-state index in [-0.39, 0.29) is 0 Å². The Morgan fingerprint density at radius 2 is 0.836 bits per heavy atom.